The van der Waals surface area contributed by atoms with Crippen LogP contribution in [-0.4, -0.2) is 74.9 Å². The summed E-state index contributed by atoms with van der Waals surface area (Å²) in [7, 11) is 1.70. The molecule has 0 radical (unpaired) electrons. The monoisotopic (exact) mass is 408 g/mol. The summed E-state index contributed by atoms with van der Waals surface area (Å²) >= 11 is 1.84. The maximum atomic E-state index is 5.55. The smallest absolute Gasteiger partial charge is 0.191 e. The summed E-state index contributed by atoms with van der Waals surface area (Å²) in [4.78, 5) is 7.28. The van der Waals surface area contributed by atoms with Crippen molar-refractivity contribution in [3.63, 3.8) is 0 Å². The number of hydrogen-bond donors (Lipinski definition) is 2. The van der Waals surface area contributed by atoms with E-state index in [0.717, 1.165) is 57.6 Å². The second-order valence-corrected chi connectivity index (χ2v) is 8.99. The second-order valence-electron chi connectivity index (χ2n) is 7.48. The van der Waals surface area contributed by atoms with Crippen molar-refractivity contribution < 1.29 is 9.47 Å². The zero-order valence-corrected chi connectivity index (χ0v) is 18.8. The molecule has 1 aliphatic heterocycles. The van der Waals surface area contributed by atoms with E-state index in [9.17, 15) is 0 Å². The summed E-state index contributed by atoms with van der Waals surface area (Å²) in [6.07, 6.45) is 2.13. The summed E-state index contributed by atoms with van der Waals surface area (Å²) < 4.78 is 11.0. The lowest BCUT2D eigenvalue weighted by molar-refractivity contribution is 0.0170. The molecule has 6 nitrogen and oxygen atoms in total. The molecule has 1 fully saturated rings. The van der Waals surface area contributed by atoms with Gasteiger partial charge in [0.25, 0.3) is 0 Å². The van der Waals surface area contributed by atoms with E-state index >= 15 is 0 Å². The van der Waals surface area contributed by atoms with Gasteiger partial charge in [-0.1, -0.05) is 12.1 Å². The van der Waals surface area contributed by atoms with Crippen molar-refractivity contribution in [2.45, 2.75) is 31.6 Å². The van der Waals surface area contributed by atoms with E-state index in [1.54, 1.807) is 7.11 Å². The molecule has 1 saturated heterocycles. The number of aliphatic imine (C=N–C) groups is 1. The van der Waals surface area contributed by atoms with Crippen LogP contribution in [0.15, 0.2) is 29.3 Å². The topological polar surface area (TPSA) is 58.1 Å². The van der Waals surface area contributed by atoms with Crippen molar-refractivity contribution in [2.75, 3.05) is 59.3 Å². The van der Waals surface area contributed by atoms with E-state index < -0.39 is 0 Å². The summed E-state index contributed by atoms with van der Waals surface area (Å²) in [5.41, 5.74) is 1.27. The number of rotatable bonds is 9. The Bertz CT molecular complexity index is 601. The first kappa shape index (κ1) is 22.8. The van der Waals surface area contributed by atoms with E-state index in [0.29, 0.717) is 0 Å². The van der Waals surface area contributed by atoms with Crippen LogP contribution in [-0.2, 0) is 4.74 Å². The van der Waals surface area contributed by atoms with Gasteiger partial charge >= 0.3 is 0 Å². The number of ether oxygens (including phenoxy) is 2. The number of thioether (sulfide) groups is 1. The Hall–Kier alpha value is -1.44. The number of guanidine groups is 1. The summed E-state index contributed by atoms with van der Waals surface area (Å²) in [5, 5.41) is 6.93. The van der Waals surface area contributed by atoms with Crippen molar-refractivity contribution >= 4 is 17.7 Å². The molecule has 0 bridgehead atoms. The lowest BCUT2D eigenvalue weighted by atomic mass is 10.0. The standard InChI is InChI=1S/C21H36N4O2S/c1-6-22-20(24-16-21(2,3)28-5)23-15-19(25-11-13-27-14-12-25)17-7-9-18(26-4)10-8-17/h7-10,19H,6,11-16H2,1-5H3,(H2,22,23,24). The van der Waals surface area contributed by atoms with Gasteiger partial charge in [0.1, 0.15) is 5.75 Å². The van der Waals surface area contributed by atoms with Crippen molar-refractivity contribution in [2.24, 2.45) is 4.99 Å². The molecule has 0 saturated carbocycles. The van der Waals surface area contributed by atoms with Crippen LogP contribution >= 0.6 is 11.8 Å². The van der Waals surface area contributed by atoms with Crippen LogP contribution in [0.3, 0.4) is 0 Å². The Morgan fingerprint density at radius 3 is 2.50 bits per heavy atom. The van der Waals surface area contributed by atoms with Crippen LogP contribution in [0.4, 0.5) is 0 Å². The number of nitrogens with one attached hydrogen (secondary N) is 2. The lowest BCUT2D eigenvalue weighted by Gasteiger charge is -2.35. The van der Waals surface area contributed by atoms with E-state index in [4.69, 9.17) is 14.5 Å². The molecule has 0 aromatic heterocycles. The molecule has 0 aliphatic carbocycles. The highest BCUT2D eigenvalue weighted by Gasteiger charge is 2.23. The molecule has 2 N–H and O–H groups in total. The highest BCUT2D eigenvalue weighted by Crippen LogP contribution is 2.24. The Kier molecular flexibility index (Phi) is 9.41. The van der Waals surface area contributed by atoms with Gasteiger partial charge < -0.3 is 20.1 Å². The Morgan fingerprint density at radius 1 is 1.25 bits per heavy atom. The molecule has 2 rings (SSSR count). The summed E-state index contributed by atoms with van der Waals surface area (Å²) in [5.74, 6) is 1.75. The van der Waals surface area contributed by atoms with E-state index in [1.807, 2.05) is 23.9 Å². The maximum Gasteiger partial charge on any atom is 0.191 e. The number of benzene rings is 1. The molecule has 1 aliphatic rings. The van der Waals surface area contributed by atoms with Gasteiger partial charge in [-0.25, -0.2) is 0 Å². The Balaban J connectivity index is 2.11. The number of hydrogen-bond acceptors (Lipinski definition) is 5. The van der Waals surface area contributed by atoms with Crippen LogP contribution < -0.4 is 15.4 Å². The van der Waals surface area contributed by atoms with E-state index in [1.165, 1.54) is 5.56 Å². The van der Waals surface area contributed by atoms with Crippen LogP contribution in [0.25, 0.3) is 0 Å². The molecule has 1 aromatic rings. The minimum atomic E-state index is 0.127. The molecular weight excluding hydrogens is 372 g/mol. The molecule has 158 valence electrons. The van der Waals surface area contributed by atoms with Gasteiger partial charge in [-0.2, -0.15) is 11.8 Å². The second kappa shape index (κ2) is 11.5. The predicted molar refractivity (Wildman–Crippen MR) is 120 cm³/mol. The van der Waals surface area contributed by atoms with Crippen molar-refractivity contribution in [3.8, 4) is 5.75 Å². The molecule has 0 amide bonds. The first-order valence-electron chi connectivity index (χ1n) is 10.0. The fourth-order valence-electron chi connectivity index (χ4n) is 3.04. The zero-order valence-electron chi connectivity index (χ0n) is 18.0. The van der Waals surface area contributed by atoms with Gasteiger partial charge in [-0.3, -0.25) is 9.89 Å². The van der Waals surface area contributed by atoms with E-state index in [2.05, 4.69) is 54.7 Å². The van der Waals surface area contributed by atoms with Gasteiger partial charge in [0, 0.05) is 30.9 Å². The highest BCUT2D eigenvalue weighted by atomic mass is 32.2. The first-order valence-corrected chi connectivity index (χ1v) is 11.2. The van der Waals surface area contributed by atoms with E-state index in [-0.39, 0.29) is 10.8 Å². The van der Waals surface area contributed by atoms with Gasteiger partial charge in [0.05, 0.1) is 32.9 Å². The zero-order chi connectivity index (χ0) is 20.4. The number of methoxy groups -OCH3 is 1. The molecule has 1 heterocycles. The highest BCUT2D eigenvalue weighted by molar-refractivity contribution is 7.99. The quantitative estimate of drug-likeness (QED) is 0.484. The largest absolute Gasteiger partial charge is 0.497 e. The minimum Gasteiger partial charge on any atom is -0.497 e. The summed E-state index contributed by atoms with van der Waals surface area (Å²) in [6.45, 7) is 12.4. The van der Waals surface area contributed by atoms with Crippen molar-refractivity contribution in [1.29, 1.82) is 0 Å². The van der Waals surface area contributed by atoms with Crippen LogP contribution in [0.2, 0.25) is 0 Å². The third-order valence-electron chi connectivity index (χ3n) is 4.96. The molecule has 1 unspecified atom stereocenters. The number of morpholine rings is 1. The predicted octanol–water partition coefficient (Wildman–Crippen LogP) is 2.77. The Labute approximate surface area is 174 Å². The molecule has 28 heavy (non-hydrogen) atoms. The average molecular weight is 409 g/mol. The molecule has 1 aromatic carbocycles. The first-order chi connectivity index (χ1) is 13.5. The third kappa shape index (κ3) is 7.18. The lowest BCUT2D eigenvalue weighted by Crippen LogP contribution is -2.46. The van der Waals surface area contributed by atoms with Crippen LogP contribution in [0, 0.1) is 0 Å². The SMILES string of the molecule is CCNC(=NCC(C)(C)SC)NCC(c1ccc(OC)cc1)N1CCOCC1. The molecule has 7 heteroatoms. The fourth-order valence-corrected chi connectivity index (χ4v) is 3.24. The summed E-state index contributed by atoms with van der Waals surface area (Å²) in [6, 6.07) is 8.63. The van der Waals surface area contributed by atoms with Gasteiger partial charge in [-0.15, -0.1) is 0 Å². The van der Waals surface area contributed by atoms with Gasteiger partial charge in [0.2, 0.25) is 0 Å². The molecular formula is C21H36N4O2S. The Morgan fingerprint density at radius 2 is 1.93 bits per heavy atom. The van der Waals surface area contributed by atoms with Crippen molar-refractivity contribution in [3.05, 3.63) is 29.8 Å². The van der Waals surface area contributed by atoms with Crippen molar-refractivity contribution in [1.82, 2.24) is 15.5 Å². The molecule has 0 spiro atoms. The van der Waals surface area contributed by atoms with Crippen LogP contribution in [0.5, 0.6) is 5.75 Å². The third-order valence-corrected chi connectivity index (χ3v) is 6.20. The maximum absolute atomic E-state index is 5.55. The minimum absolute atomic E-state index is 0.127. The molecule has 1 atom stereocenters. The van der Waals surface area contributed by atoms with Crippen LogP contribution in [0.1, 0.15) is 32.4 Å². The normalized spacial score (nSPS) is 17.2. The fraction of sp³-hybridized carbons (Fsp3) is 0.667. The average Bonchev–Trinajstić information content (AvgIpc) is 2.73. The van der Waals surface area contributed by atoms with Gasteiger partial charge in [-0.05, 0) is 44.7 Å². The number of nitrogens with zero attached hydrogens (tertiary/aromatic N) is 2. The van der Waals surface area contributed by atoms with Gasteiger partial charge in [0.15, 0.2) is 5.96 Å².